The van der Waals surface area contributed by atoms with Crippen molar-refractivity contribution in [1.82, 2.24) is 0 Å². The Bertz CT molecular complexity index is 45.6. The molecular formula is C4H5Ni. The predicted molar refractivity (Wildman–Crippen MR) is 19.3 cm³/mol. The van der Waals surface area contributed by atoms with Crippen LogP contribution in [-0.2, 0) is 15.5 Å². The Morgan fingerprint density at radius 2 is 2.20 bits per heavy atom. The van der Waals surface area contributed by atoms with E-state index in [1.165, 1.54) is 0 Å². The number of allylic oxidation sites excluding steroid dienone is 2. The van der Waals surface area contributed by atoms with E-state index >= 15 is 0 Å². The van der Waals surface area contributed by atoms with Crippen molar-refractivity contribution in [2.45, 2.75) is 0 Å². The standard InChI is InChI=1S/C4H5.Ni/c1-3-4-2;/h1,3-4H,2H2;. The zero-order valence-electron chi connectivity index (χ0n) is 2.76. The summed E-state index contributed by atoms with van der Waals surface area (Å²) in [6.45, 7) is 3.40. The van der Waals surface area contributed by atoms with E-state index in [1.54, 1.807) is 17.2 Å². The average Bonchev–Trinajstić information content (AvgIpc) is 1.41. The molecule has 0 amide bonds. The Kier molecular flexibility index (Phi) is 3.95. The molecule has 0 aliphatic rings. The Hall–Kier alpha value is -0.0265. The SMILES string of the molecule is C=CC=[CH][Ni]. The maximum absolute atomic E-state index is 4.16. The van der Waals surface area contributed by atoms with E-state index < -0.39 is 0 Å². The fraction of sp³-hybridized carbons (Fsp3) is 0. The van der Waals surface area contributed by atoms with Crippen LogP contribution in [0.3, 0.4) is 0 Å². The second-order valence-electron chi connectivity index (χ2n) is 0.534. The van der Waals surface area contributed by atoms with Crippen LogP contribution in [0.5, 0.6) is 0 Å². The Labute approximate surface area is 39.9 Å². The Morgan fingerprint density at radius 3 is 2.20 bits per heavy atom. The molecule has 0 heterocycles. The van der Waals surface area contributed by atoms with Crippen molar-refractivity contribution < 1.29 is 15.5 Å². The third-order valence-electron chi connectivity index (χ3n) is 0.197. The van der Waals surface area contributed by atoms with E-state index in [0.29, 0.717) is 0 Å². The van der Waals surface area contributed by atoms with E-state index in [4.69, 9.17) is 0 Å². The summed E-state index contributed by atoms with van der Waals surface area (Å²) in [5.41, 5.74) is 0. The first-order valence-corrected chi connectivity index (χ1v) is 1.83. The molecule has 31 valence electrons. The number of hydrogen-bond donors (Lipinski definition) is 0. The third-order valence-corrected chi connectivity index (χ3v) is 0.387. The second kappa shape index (κ2) is 3.97. The molecule has 0 aromatic carbocycles. The monoisotopic (exact) mass is 111 g/mol. The summed E-state index contributed by atoms with van der Waals surface area (Å²) >= 11 is 4.16. The van der Waals surface area contributed by atoms with Crippen LogP contribution in [0, 0.1) is 0 Å². The summed E-state index contributed by atoms with van der Waals surface area (Å²) in [6.07, 6.45) is 3.38. The molecule has 0 aromatic rings. The maximum atomic E-state index is 4.16. The van der Waals surface area contributed by atoms with Gasteiger partial charge in [-0.3, -0.25) is 0 Å². The van der Waals surface area contributed by atoms with E-state index in [2.05, 4.69) is 22.0 Å². The summed E-state index contributed by atoms with van der Waals surface area (Å²) in [5.74, 6) is 0. The molecule has 0 atom stereocenters. The van der Waals surface area contributed by atoms with E-state index in [1.807, 2.05) is 0 Å². The van der Waals surface area contributed by atoms with Gasteiger partial charge in [0.1, 0.15) is 0 Å². The molecule has 0 aromatic heterocycles. The molecule has 0 aliphatic heterocycles. The Balaban J connectivity index is 2.92. The molecule has 5 heavy (non-hydrogen) atoms. The molecular weight excluding hydrogens is 107 g/mol. The van der Waals surface area contributed by atoms with Gasteiger partial charge in [0.2, 0.25) is 0 Å². The van der Waals surface area contributed by atoms with E-state index in [0.717, 1.165) is 0 Å². The van der Waals surface area contributed by atoms with Gasteiger partial charge in [-0.25, -0.2) is 0 Å². The molecule has 0 aliphatic carbocycles. The van der Waals surface area contributed by atoms with Crippen LogP contribution >= 0.6 is 0 Å². The van der Waals surface area contributed by atoms with Crippen LogP contribution in [0.25, 0.3) is 0 Å². The van der Waals surface area contributed by atoms with Crippen LogP contribution in [0.2, 0.25) is 0 Å². The molecule has 0 fully saturated rings. The van der Waals surface area contributed by atoms with Gasteiger partial charge < -0.3 is 0 Å². The summed E-state index contributed by atoms with van der Waals surface area (Å²) in [4.78, 5) is 0. The van der Waals surface area contributed by atoms with Gasteiger partial charge in [-0.05, 0) is 0 Å². The molecule has 0 radical (unpaired) electrons. The summed E-state index contributed by atoms with van der Waals surface area (Å²) in [5, 5.41) is 1.56. The van der Waals surface area contributed by atoms with Gasteiger partial charge in [0, 0.05) is 0 Å². The quantitative estimate of drug-likeness (QED) is 0.353. The van der Waals surface area contributed by atoms with Crippen molar-refractivity contribution in [2.24, 2.45) is 0 Å². The van der Waals surface area contributed by atoms with E-state index in [9.17, 15) is 0 Å². The van der Waals surface area contributed by atoms with Gasteiger partial charge in [-0.2, -0.15) is 0 Å². The Morgan fingerprint density at radius 1 is 1.60 bits per heavy atom. The topological polar surface area (TPSA) is 0 Å². The first-order chi connectivity index (χ1) is 2.41. The summed E-state index contributed by atoms with van der Waals surface area (Å²) in [6, 6.07) is 0. The molecule has 0 rings (SSSR count). The van der Waals surface area contributed by atoms with Crippen molar-refractivity contribution >= 4 is 0 Å². The molecule has 0 spiro atoms. The van der Waals surface area contributed by atoms with Gasteiger partial charge in [-0.15, -0.1) is 0 Å². The summed E-state index contributed by atoms with van der Waals surface area (Å²) in [7, 11) is 0. The molecule has 0 N–H and O–H groups in total. The van der Waals surface area contributed by atoms with Crippen molar-refractivity contribution in [3.8, 4) is 0 Å². The third kappa shape index (κ3) is 3.97. The fourth-order valence-electron chi connectivity index (χ4n) is 0.0430. The fourth-order valence-corrected chi connectivity index (χ4v) is 0.177. The van der Waals surface area contributed by atoms with E-state index in [-0.39, 0.29) is 0 Å². The average molecular weight is 112 g/mol. The van der Waals surface area contributed by atoms with Crippen molar-refractivity contribution in [2.75, 3.05) is 0 Å². The van der Waals surface area contributed by atoms with Gasteiger partial charge in [0.05, 0.1) is 0 Å². The molecule has 0 nitrogen and oxygen atoms in total. The second-order valence-corrected chi connectivity index (χ2v) is 0.863. The minimum atomic E-state index is 1.56. The molecule has 0 saturated carbocycles. The van der Waals surface area contributed by atoms with Crippen LogP contribution < -0.4 is 0 Å². The number of rotatable bonds is 1. The van der Waals surface area contributed by atoms with Crippen LogP contribution in [0.15, 0.2) is 23.8 Å². The van der Waals surface area contributed by atoms with Crippen LogP contribution in [-0.4, -0.2) is 0 Å². The molecule has 0 unspecified atom stereocenters. The zero-order valence-corrected chi connectivity index (χ0v) is 3.74. The predicted octanol–water partition coefficient (Wildman–Crippen LogP) is 1.23. The van der Waals surface area contributed by atoms with Gasteiger partial charge in [0.15, 0.2) is 0 Å². The van der Waals surface area contributed by atoms with Crippen molar-refractivity contribution in [3.63, 3.8) is 0 Å². The number of hydrogen-bond acceptors (Lipinski definition) is 0. The molecule has 0 saturated heterocycles. The normalized spacial score (nSPS) is 9.20. The van der Waals surface area contributed by atoms with Crippen molar-refractivity contribution in [1.29, 1.82) is 0 Å². The molecule has 1 heteroatoms. The van der Waals surface area contributed by atoms with Gasteiger partial charge in [-0.1, -0.05) is 0 Å². The van der Waals surface area contributed by atoms with Gasteiger partial charge in [0.25, 0.3) is 0 Å². The first-order valence-electron chi connectivity index (χ1n) is 1.26. The zero-order chi connectivity index (χ0) is 4.12. The first kappa shape index (κ1) is 4.97. The van der Waals surface area contributed by atoms with Crippen LogP contribution in [0.4, 0.5) is 0 Å². The van der Waals surface area contributed by atoms with Crippen molar-refractivity contribution in [3.05, 3.63) is 23.8 Å². The minimum absolute atomic E-state index is 1.56. The van der Waals surface area contributed by atoms with Crippen LogP contribution in [0.1, 0.15) is 0 Å². The molecule has 0 bridgehead atoms. The summed E-state index contributed by atoms with van der Waals surface area (Å²) < 4.78 is 0. The van der Waals surface area contributed by atoms with Gasteiger partial charge >= 0.3 is 39.2 Å².